The molecule has 1 unspecified atom stereocenters. The number of likely N-dealkylation sites (tertiary alicyclic amines) is 1. The first-order valence-corrected chi connectivity index (χ1v) is 12.0. The molecule has 2 aromatic rings. The normalized spacial score (nSPS) is 19.9. The smallest absolute Gasteiger partial charge is 0.208 e. The van der Waals surface area contributed by atoms with E-state index in [-0.39, 0.29) is 24.0 Å². The Hall–Kier alpha value is -1.69. The van der Waals surface area contributed by atoms with Crippen molar-refractivity contribution < 1.29 is 4.42 Å². The van der Waals surface area contributed by atoms with Crippen LogP contribution in [0, 0.1) is 19.8 Å². The van der Waals surface area contributed by atoms with Gasteiger partial charge in [0, 0.05) is 32.0 Å². The third-order valence-electron chi connectivity index (χ3n) is 6.65. The van der Waals surface area contributed by atoms with Gasteiger partial charge in [0.2, 0.25) is 5.89 Å². The highest BCUT2D eigenvalue weighted by molar-refractivity contribution is 14.0. The van der Waals surface area contributed by atoms with Gasteiger partial charge in [-0.05, 0) is 52.1 Å². The summed E-state index contributed by atoms with van der Waals surface area (Å²) in [6, 6.07) is 0.324. The molecule has 0 radical (unpaired) electrons. The van der Waals surface area contributed by atoms with E-state index < -0.39 is 0 Å². The molecule has 1 fully saturated rings. The summed E-state index contributed by atoms with van der Waals surface area (Å²) in [6.07, 6.45) is 4.35. The molecule has 4 heterocycles. The number of hydrogen-bond donors (Lipinski definition) is 2. The fourth-order valence-electron chi connectivity index (χ4n) is 4.47. The predicted octanol–water partition coefficient (Wildman–Crippen LogP) is 3.02. The summed E-state index contributed by atoms with van der Waals surface area (Å²) < 4.78 is 7.81. The number of oxazole rings is 1. The second-order valence-electron chi connectivity index (χ2n) is 9.52. The van der Waals surface area contributed by atoms with Gasteiger partial charge in [-0.2, -0.15) is 5.10 Å². The molecule has 2 aliphatic rings. The van der Waals surface area contributed by atoms with Crippen LogP contribution in [-0.4, -0.2) is 63.3 Å². The molecule has 1 atom stereocenters. The van der Waals surface area contributed by atoms with Crippen LogP contribution in [0.5, 0.6) is 0 Å². The maximum absolute atomic E-state index is 5.75. The van der Waals surface area contributed by atoms with Gasteiger partial charge in [0.1, 0.15) is 11.6 Å². The summed E-state index contributed by atoms with van der Waals surface area (Å²) in [5.41, 5.74) is 0.997. The molecule has 4 rings (SSSR count). The largest absolute Gasteiger partial charge is 0.444 e. The van der Waals surface area contributed by atoms with Crippen molar-refractivity contribution in [2.45, 2.75) is 78.4 Å². The van der Waals surface area contributed by atoms with Crippen LogP contribution < -0.4 is 10.6 Å². The second kappa shape index (κ2) is 11.6. The Morgan fingerprint density at radius 2 is 1.94 bits per heavy atom. The first-order valence-electron chi connectivity index (χ1n) is 12.0. The Bertz CT molecular complexity index is 910. The number of hydrogen-bond acceptors (Lipinski definition) is 6. The molecule has 0 bridgehead atoms. The quantitative estimate of drug-likeness (QED) is 0.313. The predicted molar refractivity (Wildman–Crippen MR) is 140 cm³/mol. The minimum atomic E-state index is 0. The van der Waals surface area contributed by atoms with Crippen molar-refractivity contribution in [2.24, 2.45) is 10.9 Å². The monoisotopic (exact) mass is 570 g/mol. The van der Waals surface area contributed by atoms with Crippen LogP contribution in [0.3, 0.4) is 0 Å². The number of rotatable bonds is 6. The molecule has 2 aliphatic heterocycles. The van der Waals surface area contributed by atoms with Crippen LogP contribution in [0.25, 0.3) is 0 Å². The number of aromatic nitrogens is 4. The van der Waals surface area contributed by atoms with Crippen LogP contribution in [0.4, 0.5) is 0 Å². The van der Waals surface area contributed by atoms with Crippen LogP contribution in [0.2, 0.25) is 0 Å². The summed E-state index contributed by atoms with van der Waals surface area (Å²) in [5.74, 6) is 5.72. The SMILES string of the molecule is CN=C(NCC1CCN(Cc2nc(C)c(C)o2)CC1)NC1CCc2nc(C(C)C)nn2C1.I. The van der Waals surface area contributed by atoms with Crippen molar-refractivity contribution in [3.8, 4) is 0 Å². The molecule has 2 N–H and O–H groups in total. The van der Waals surface area contributed by atoms with Crippen molar-refractivity contribution in [3.05, 3.63) is 29.0 Å². The van der Waals surface area contributed by atoms with Crippen LogP contribution in [0.1, 0.15) is 68.0 Å². The average Bonchev–Trinajstić information content (AvgIpc) is 3.34. The Balaban J connectivity index is 0.00000306. The number of aliphatic imine (C=N–C) groups is 1. The first-order chi connectivity index (χ1) is 15.4. The Morgan fingerprint density at radius 1 is 1.18 bits per heavy atom. The maximum atomic E-state index is 5.75. The highest BCUT2D eigenvalue weighted by Gasteiger charge is 2.24. The molecule has 0 amide bonds. The van der Waals surface area contributed by atoms with E-state index in [1.54, 1.807) is 0 Å². The van der Waals surface area contributed by atoms with Gasteiger partial charge in [0.25, 0.3) is 0 Å². The third kappa shape index (κ3) is 6.68. The fourth-order valence-corrected chi connectivity index (χ4v) is 4.47. The Morgan fingerprint density at radius 3 is 2.58 bits per heavy atom. The lowest BCUT2D eigenvalue weighted by molar-refractivity contribution is 0.164. The molecular formula is C23H39IN8O. The van der Waals surface area contributed by atoms with E-state index in [0.29, 0.717) is 17.9 Å². The highest BCUT2D eigenvalue weighted by Crippen LogP contribution is 2.20. The number of guanidine groups is 1. The average molecular weight is 571 g/mol. The van der Waals surface area contributed by atoms with Crippen molar-refractivity contribution in [2.75, 3.05) is 26.7 Å². The third-order valence-corrected chi connectivity index (χ3v) is 6.65. The summed E-state index contributed by atoms with van der Waals surface area (Å²) in [5, 5.41) is 11.8. The molecule has 184 valence electrons. The molecular weight excluding hydrogens is 531 g/mol. The van der Waals surface area contributed by atoms with E-state index in [1.165, 1.54) is 12.8 Å². The van der Waals surface area contributed by atoms with Gasteiger partial charge in [-0.25, -0.2) is 14.6 Å². The maximum Gasteiger partial charge on any atom is 0.208 e. The van der Waals surface area contributed by atoms with Crippen LogP contribution >= 0.6 is 24.0 Å². The molecule has 0 spiro atoms. The van der Waals surface area contributed by atoms with E-state index in [9.17, 15) is 0 Å². The van der Waals surface area contributed by atoms with Crippen molar-refractivity contribution >= 4 is 29.9 Å². The highest BCUT2D eigenvalue weighted by atomic mass is 127. The second-order valence-corrected chi connectivity index (χ2v) is 9.52. The standard InChI is InChI=1S/C23H38N8O.HI/c1-15(2)22-28-20-7-6-19(13-31(20)29-22)27-23(24-5)25-12-18-8-10-30(11-9-18)14-21-26-16(3)17(4)32-21;/h15,18-19H,6-14H2,1-5H3,(H2,24,25,27);1H. The lowest BCUT2D eigenvalue weighted by Crippen LogP contribution is -2.48. The van der Waals surface area contributed by atoms with Crippen molar-refractivity contribution in [1.82, 2.24) is 35.3 Å². The number of fused-ring (bicyclic) bond motifs is 1. The van der Waals surface area contributed by atoms with Crippen molar-refractivity contribution in [1.29, 1.82) is 0 Å². The summed E-state index contributed by atoms with van der Waals surface area (Å²) >= 11 is 0. The van der Waals surface area contributed by atoms with Gasteiger partial charge in [-0.1, -0.05) is 13.8 Å². The van der Waals surface area contributed by atoms with Gasteiger partial charge in [0.15, 0.2) is 11.8 Å². The number of nitrogens with one attached hydrogen (secondary N) is 2. The van der Waals surface area contributed by atoms with Crippen molar-refractivity contribution in [3.63, 3.8) is 0 Å². The molecule has 9 nitrogen and oxygen atoms in total. The topological polar surface area (TPSA) is 96.4 Å². The summed E-state index contributed by atoms with van der Waals surface area (Å²) in [7, 11) is 1.85. The Labute approximate surface area is 214 Å². The molecule has 2 aromatic heterocycles. The molecule has 0 saturated carbocycles. The van der Waals surface area contributed by atoms with Gasteiger partial charge >= 0.3 is 0 Å². The van der Waals surface area contributed by atoms with Crippen LogP contribution in [0.15, 0.2) is 9.41 Å². The number of nitrogens with zero attached hydrogens (tertiary/aromatic N) is 6. The van der Waals surface area contributed by atoms with Gasteiger partial charge in [0.05, 0.1) is 18.8 Å². The van der Waals surface area contributed by atoms with Crippen LogP contribution in [-0.2, 0) is 19.5 Å². The molecule has 33 heavy (non-hydrogen) atoms. The molecule has 0 aromatic carbocycles. The van der Waals surface area contributed by atoms with E-state index in [2.05, 4.69) is 54.1 Å². The minimum absolute atomic E-state index is 0. The summed E-state index contributed by atoms with van der Waals surface area (Å²) in [4.78, 5) is 16.1. The van der Waals surface area contributed by atoms with E-state index in [0.717, 1.165) is 80.5 Å². The minimum Gasteiger partial charge on any atom is -0.444 e. The first kappa shape index (κ1) is 25.9. The lowest BCUT2D eigenvalue weighted by Gasteiger charge is -2.32. The zero-order chi connectivity index (χ0) is 22.7. The van der Waals surface area contributed by atoms with E-state index >= 15 is 0 Å². The Kier molecular flexibility index (Phi) is 9.14. The zero-order valence-corrected chi connectivity index (χ0v) is 22.9. The number of halogens is 1. The van der Waals surface area contributed by atoms with Gasteiger partial charge < -0.3 is 15.1 Å². The number of piperidine rings is 1. The fraction of sp³-hybridized carbons (Fsp3) is 0.739. The molecule has 1 saturated heterocycles. The van der Waals surface area contributed by atoms with Gasteiger partial charge in [-0.3, -0.25) is 9.89 Å². The van der Waals surface area contributed by atoms with E-state index in [4.69, 9.17) is 4.42 Å². The molecule has 0 aliphatic carbocycles. The zero-order valence-electron chi connectivity index (χ0n) is 20.6. The van der Waals surface area contributed by atoms with E-state index in [1.807, 2.05) is 20.9 Å². The lowest BCUT2D eigenvalue weighted by atomic mass is 9.97. The summed E-state index contributed by atoms with van der Waals surface area (Å²) in [6.45, 7) is 13.0. The van der Waals surface area contributed by atoms with Gasteiger partial charge in [-0.15, -0.1) is 24.0 Å². The number of aryl methyl sites for hydroxylation is 3. The molecule has 10 heteroatoms.